The number of aryl methyl sites for hydroxylation is 1. The molecule has 1 aromatic rings. The summed E-state index contributed by atoms with van der Waals surface area (Å²) in [7, 11) is 2.17. The van der Waals surface area contributed by atoms with Gasteiger partial charge in [-0.05, 0) is 38.6 Å². The molecule has 1 saturated heterocycles. The summed E-state index contributed by atoms with van der Waals surface area (Å²) in [6.45, 7) is 6.63. The van der Waals surface area contributed by atoms with Gasteiger partial charge >= 0.3 is 0 Å². The second kappa shape index (κ2) is 5.63. The minimum absolute atomic E-state index is 0.870. The van der Waals surface area contributed by atoms with Gasteiger partial charge in [-0.2, -0.15) is 0 Å². The Kier molecular flexibility index (Phi) is 3.89. The number of fused-ring (bicyclic) bond motifs is 2. The lowest BCUT2D eigenvalue weighted by Crippen LogP contribution is -2.37. The van der Waals surface area contributed by atoms with Crippen molar-refractivity contribution in [1.29, 1.82) is 0 Å². The summed E-state index contributed by atoms with van der Waals surface area (Å²) in [6.07, 6.45) is 5.29. The molecule has 0 amide bonds. The van der Waals surface area contributed by atoms with Crippen LogP contribution in [0.3, 0.4) is 0 Å². The van der Waals surface area contributed by atoms with Crippen molar-refractivity contribution in [3.63, 3.8) is 0 Å². The number of rotatable bonds is 6. The summed E-state index contributed by atoms with van der Waals surface area (Å²) in [5.74, 6) is 1.99. The quantitative estimate of drug-likeness (QED) is 0.787. The van der Waals surface area contributed by atoms with E-state index in [-0.39, 0.29) is 0 Å². The first-order chi connectivity index (χ1) is 9.24. The van der Waals surface area contributed by atoms with Gasteiger partial charge < -0.3 is 4.52 Å². The van der Waals surface area contributed by atoms with Crippen LogP contribution in [-0.4, -0.2) is 47.7 Å². The van der Waals surface area contributed by atoms with E-state index < -0.39 is 0 Å². The van der Waals surface area contributed by atoms with Crippen molar-refractivity contribution < 1.29 is 4.52 Å². The van der Waals surface area contributed by atoms with Crippen LogP contribution in [0.15, 0.2) is 10.6 Å². The van der Waals surface area contributed by atoms with Gasteiger partial charge in [-0.1, -0.05) is 12.1 Å². The minimum Gasteiger partial charge on any atom is -0.360 e. The fourth-order valence-corrected chi connectivity index (χ4v) is 3.54. The van der Waals surface area contributed by atoms with E-state index >= 15 is 0 Å². The highest BCUT2D eigenvalue weighted by atomic mass is 16.5. The Morgan fingerprint density at radius 3 is 3.00 bits per heavy atom. The van der Waals surface area contributed by atoms with Crippen molar-refractivity contribution in [1.82, 2.24) is 15.0 Å². The molecule has 106 valence electrons. The Balaban J connectivity index is 1.42. The Labute approximate surface area is 115 Å². The molecule has 4 nitrogen and oxygen atoms in total. The average Bonchev–Trinajstić information content (AvgIpc) is 3.12. The largest absolute Gasteiger partial charge is 0.360 e. The SMILES string of the molecule is CCc1cc(CN(C)CCN2C[C@H]3CC[C@@H]2C3)on1. The highest BCUT2D eigenvalue weighted by molar-refractivity contribution is 5.04. The van der Waals surface area contributed by atoms with Crippen LogP contribution in [0.25, 0.3) is 0 Å². The van der Waals surface area contributed by atoms with Crippen LogP contribution in [0, 0.1) is 5.92 Å². The molecule has 2 fully saturated rings. The number of piperidine rings is 1. The van der Waals surface area contributed by atoms with Gasteiger partial charge in [0.25, 0.3) is 0 Å². The maximum atomic E-state index is 5.34. The van der Waals surface area contributed by atoms with Crippen LogP contribution in [0.1, 0.15) is 37.6 Å². The first kappa shape index (κ1) is 13.1. The Hall–Kier alpha value is -0.870. The van der Waals surface area contributed by atoms with E-state index in [4.69, 9.17) is 4.52 Å². The van der Waals surface area contributed by atoms with Gasteiger partial charge in [-0.25, -0.2) is 0 Å². The van der Waals surface area contributed by atoms with E-state index in [1.165, 1.54) is 32.4 Å². The molecule has 1 aromatic heterocycles. The number of hydrogen-bond acceptors (Lipinski definition) is 4. The standard InChI is InChI=1S/C15H25N3O/c1-3-13-9-15(19-16-13)11-17(2)6-7-18-10-12-4-5-14(18)8-12/h9,12,14H,3-8,10-11H2,1-2H3/t12-,14+/m0/s1. The highest BCUT2D eigenvalue weighted by Gasteiger charge is 2.37. The molecule has 19 heavy (non-hydrogen) atoms. The Morgan fingerprint density at radius 2 is 2.37 bits per heavy atom. The van der Waals surface area contributed by atoms with E-state index in [0.717, 1.165) is 42.9 Å². The maximum absolute atomic E-state index is 5.34. The van der Waals surface area contributed by atoms with E-state index in [0.29, 0.717) is 0 Å². The molecule has 1 saturated carbocycles. The predicted molar refractivity (Wildman–Crippen MR) is 74.9 cm³/mol. The van der Waals surface area contributed by atoms with Gasteiger partial charge in [0, 0.05) is 31.7 Å². The normalized spacial score (nSPS) is 26.7. The van der Waals surface area contributed by atoms with Crippen LogP contribution >= 0.6 is 0 Å². The van der Waals surface area contributed by atoms with Gasteiger partial charge in [0.05, 0.1) is 12.2 Å². The number of hydrogen-bond donors (Lipinski definition) is 0. The molecule has 4 heteroatoms. The molecule has 0 spiro atoms. The molecule has 2 bridgehead atoms. The summed E-state index contributed by atoms with van der Waals surface area (Å²) in [4.78, 5) is 5.02. The second-order valence-corrected chi connectivity index (χ2v) is 6.20. The summed E-state index contributed by atoms with van der Waals surface area (Å²) in [6, 6.07) is 2.96. The molecule has 0 unspecified atom stereocenters. The van der Waals surface area contributed by atoms with Crippen LogP contribution in [-0.2, 0) is 13.0 Å². The van der Waals surface area contributed by atoms with Gasteiger partial charge in [-0.3, -0.25) is 9.80 Å². The van der Waals surface area contributed by atoms with Crippen molar-refractivity contribution in [2.75, 3.05) is 26.7 Å². The zero-order chi connectivity index (χ0) is 13.2. The third-order valence-electron chi connectivity index (χ3n) is 4.69. The zero-order valence-electron chi connectivity index (χ0n) is 12.1. The molecule has 1 aliphatic carbocycles. The van der Waals surface area contributed by atoms with E-state index in [1.807, 2.05) is 0 Å². The highest BCUT2D eigenvalue weighted by Crippen LogP contribution is 2.36. The maximum Gasteiger partial charge on any atom is 0.150 e. The number of aromatic nitrogens is 1. The third-order valence-corrected chi connectivity index (χ3v) is 4.69. The van der Waals surface area contributed by atoms with Crippen molar-refractivity contribution in [2.45, 2.75) is 45.2 Å². The second-order valence-electron chi connectivity index (χ2n) is 6.20. The zero-order valence-corrected chi connectivity index (χ0v) is 12.1. The van der Waals surface area contributed by atoms with Gasteiger partial charge in [0.15, 0.2) is 5.76 Å². The van der Waals surface area contributed by atoms with Gasteiger partial charge in [0.2, 0.25) is 0 Å². The van der Waals surface area contributed by atoms with Crippen molar-refractivity contribution in [3.05, 3.63) is 17.5 Å². The van der Waals surface area contributed by atoms with Crippen molar-refractivity contribution in [3.8, 4) is 0 Å². The molecule has 0 radical (unpaired) electrons. The fraction of sp³-hybridized carbons (Fsp3) is 0.800. The van der Waals surface area contributed by atoms with Crippen LogP contribution in [0.2, 0.25) is 0 Å². The summed E-state index contributed by atoms with van der Waals surface area (Å²) in [5.41, 5.74) is 1.06. The van der Waals surface area contributed by atoms with Crippen LogP contribution in [0.4, 0.5) is 0 Å². The number of nitrogens with zero attached hydrogens (tertiary/aromatic N) is 3. The van der Waals surface area contributed by atoms with Crippen LogP contribution < -0.4 is 0 Å². The van der Waals surface area contributed by atoms with Gasteiger partial charge in [0.1, 0.15) is 0 Å². The van der Waals surface area contributed by atoms with Crippen molar-refractivity contribution in [2.24, 2.45) is 5.92 Å². The average molecular weight is 263 g/mol. The predicted octanol–water partition coefficient (Wildman–Crippen LogP) is 2.15. The summed E-state index contributed by atoms with van der Waals surface area (Å²) < 4.78 is 5.34. The van der Waals surface area contributed by atoms with E-state index in [9.17, 15) is 0 Å². The molecule has 2 atom stereocenters. The minimum atomic E-state index is 0.870. The first-order valence-electron chi connectivity index (χ1n) is 7.61. The van der Waals surface area contributed by atoms with Crippen LogP contribution in [0.5, 0.6) is 0 Å². The van der Waals surface area contributed by atoms with Crippen molar-refractivity contribution >= 4 is 0 Å². The fourth-order valence-electron chi connectivity index (χ4n) is 3.54. The summed E-state index contributed by atoms with van der Waals surface area (Å²) in [5, 5.41) is 4.04. The molecule has 1 aliphatic heterocycles. The third kappa shape index (κ3) is 3.00. The summed E-state index contributed by atoms with van der Waals surface area (Å²) >= 11 is 0. The van der Waals surface area contributed by atoms with E-state index in [2.05, 4.69) is 35.0 Å². The monoisotopic (exact) mass is 263 g/mol. The van der Waals surface area contributed by atoms with Gasteiger partial charge in [-0.15, -0.1) is 0 Å². The molecule has 3 rings (SSSR count). The number of likely N-dealkylation sites (N-methyl/N-ethyl adjacent to an activating group) is 1. The topological polar surface area (TPSA) is 32.5 Å². The lowest BCUT2D eigenvalue weighted by atomic mass is 10.1. The van der Waals surface area contributed by atoms with E-state index in [1.54, 1.807) is 0 Å². The molecule has 2 heterocycles. The lowest BCUT2D eigenvalue weighted by Gasteiger charge is -2.28. The first-order valence-corrected chi connectivity index (χ1v) is 7.61. The molecule has 0 N–H and O–H groups in total. The smallest absolute Gasteiger partial charge is 0.150 e. The molecule has 2 aliphatic rings. The Bertz CT molecular complexity index is 417. The Morgan fingerprint density at radius 1 is 1.47 bits per heavy atom. The lowest BCUT2D eigenvalue weighted by molar-refractivity contribution is 0.176. The molecule has 0 aromatic carbocycles. The molecular formula is C15H25N3O. The molecular weight excluding hydrogens is 238 g/mol. The number of likely N-dealkylation sites (tertiary alicyclic amines) is 1.